The average molecular weight is 300 g/mol. The number of urea groups is 1. The molecule has 1 rings (SSSR count). The van der Waals surface area contributed by atoms with Crippen LogP contribution in [0.3, 0.4) is 0 Å². The van der Waals surface area contributed by atoms with Gasteiger partial charge in [-0.1, -0.05) is 13.8 Å². The number of hydrogen-bond acceptors (Lipinski definition) is 3. The zero-order chi connectivity index (χ0) is 15.9. The van der Waals surface area contributed by atoms with Crippen LogP contribution in [-0.2, 0) is 9.53 Å². The molecule has 0 saturated carbocycles. The minimum Gasteiger partial charge on any atom is -0.481 e. The number of ether oxygens (including phenoxy) is 1. The second-order valence-electron chi connectivity index (χ2n) is 6.62. The number of rotatable bonds is 8. The highest BCUT2D eigenvalue weighted by molar-refractivity contribution is 5.74. The quantitative estimate of drug-likeness (QED) is 0.639. The van der Waals surface area contributed by atoms with E-state index in [1.54, 1.807) is 0 Å². The van der Waals surface area contributed by atoms with Crippen LogP contribution >= 0.6 is 0 Å². The number of aliphatic carboxylic acids is 1. The van der Waals surface area contributed by atoms with Crippen molar-refractivity contribution in [2.75, 3.05) is 19.8 Å². The van der Waals surface area contributed by atoms with E-state index in [0.29, 0.717) is 25.5 Å². The lowest BCUT2D eigenvalue weighted by molar-refractivity contribution is -0.137. The Balaban J connectivity index is 2.18. The van der Waals surface area contributed by atoms with Gasteiger partial charge >= 0.3 is 12.0 Å². The fourth-order valence-corrected chi connectivity index (χ4v) is 2.41. The molecule has 1 heterocycles. The fraction of sp³-hybridized carbons (Fsp3) is 0.867. The number of carbonyl (C=O) groups is 2. The summed E-state index contributed by atoms with van der Waals surface area (Å²) in [5.41, 5.74) is -0.0867. The minimum atomic E-state index is -0.776. The van der Waals surface area contributed by atoms with Crippen molar-refractivity contribution in [1.82, 2.24) is 10.6 Å². The van der Waals surface area contributed by atoms with Crippen LogP contribution in [-0.4, -0.2) is 42.9 Å². The lowest BCUT2D eigenvalue weighted by Gasteiger charge is -2.24. The van der Waals surface area contributed by atoms with E-state index < -0.39 is 5.97 Å². The first-order valence-corrected chi connectivity index (χ1v) is 7.64. The van der Waals surface area contributed by atoms with E-state index in [4.69, 9.17) is 9.84 Å². The van der Waals surface area contributed by atoms with E-state index in [1.165, 1.54) is 0 Å². The smallest absolute Gasteiger partial charge is 0.315 e. The first kappa shape index (κ1) is 17.8. The molecule has 122 valence electrons. The van der Waals surface area contributed by atoms with Crippen molar-refractivity contribution < 1.29 is 19.4 Å². The van der Waals surface area contributed by atoms with E-state index in [-0.39, 0.29) is 23.9 Å². The molecule has 3 N–H and O–H groups in total. The van der Waals surface area contributed by atoms with E-state index in [0.717, 1.165) is 19.4 Å². The van der Waals surface area contributed by atoms with Gasteiger partial charge in [-0.25, -0.2) is 4.79 Å². The SMILES string of the molecule is CC(NC(=O)NCCC(C)(C)CCC(=O)O)C1CCOC1. The van der Waals surface area contributed by atoms with E-state index in [1.807, 2.05) is 20.8 Å². The summed E-state index contributed by atoms with van der Waals surface area (Å²) >= 11 is 0. The molecule has 0 spiro atoms. The Morgan fingerprint density at radius 3 is 2.67 bits per heavy atom. The van der Waals surface area contributed by atoms with Crippen LogP contribution < -0.4 is 10.6 Å². The molecule has 2 atom stereocenters. The van der Waals surface area contributed by atoms with Gasteiger partial charge in [-0.15, -0.1) is 0 Å². The highest BCUT2D eigenvalue weighted by Gasteiger charge is 2.24. The molecule has 6 nitrogen and oxygen atoms in total. The average Bonchev–Trinajstić information content (AvgIpc) is 2.90. The second kappa shape index (κ2) is 8.22. The molecule has 0 aromatic heterocycles. The molecular weight excluding hydrogens is 272 g/mol. The number of amides is 2. The Morgan fingerprint density at radius 1 is 1.38 bits per heavy atom. The van der Waals surface area contributed by atoms with Crippen molar-refractivity contribution in [3.05, 3.63) is 0 Å². The van der Waals surface area contributed by atoms with Crippen LogP contribution in [0.15, 0.2) is 0 Å². The summed E-state index contributed by atoms with van der Waals surface area (Å²) in [6, 6.07) is -0.0593. The summed E-state index contributed by atoms with van der Waals surface area (Å²) in [5.74, 6) is -0.385. The third kappa shape index (κ3) is 7.32. The number of carboxylic acid groups (broad SMARTS) is 1. The Morgan fingerprint density at radius 2 is 2.10 bits per heavy atom. The number of carbonyl (C=O) groups excluding carboxylic acids is 1. The van der Waals surface area contributed by atoms with Crippen molar-refractivity contribution in [2.45, 2.75) is 52.5 Å². The molecule has 2 unspecified atom stereocenters. The third-order valence-corrected chi connectivity index (χ3v) is 4.13. The zero-order valence-electron chi connectivity index (χ0n) is 13.3. The summed E-state index contributed by atoms with van der Waals surface area (Å²) < 4.78 is 5.31. The Bertz CT molecular complexity index is 352. The van der Waals surface area contributed by atoms with Gasteiger partial charge in [-0.05, 0) is 31.6 Å². The second-order valence-corrected chi connectivity index (χ2v) is 6.62. The van der Waals surface area contributed by atoms with Gasteiger partial charge in [0.05, 0.1) is 6.61 Å². The molecule has 0 aliphatic carbocycles. The largest absolute Gasteiger partial charge is 0.481 e. The van der Waals surface area contributed by atoms with Gasteiger partial charge in [0, 0.05) is 31.5 Å². The summed E-state index contributed by atoms with van der Waals surface area (Å²) in [5, 5.41) is 14.5. The van der Waals surface area contributed by atoms with Crippen LogP contribution in [0.5, 0.6) is 0 Å². The van der Waals surface area contributed by atoms with Crippen molar-refractivity contribution in [2.24, 2.45) is 11.3 Å². The highest BCUT2D eigenvalue weighted by atomic mass is 16.5. The number of hydrogen-bond donors (Lipinski definition) is 3. The van der Waals surface area contributed by atoms with Gasteiger partial charge in [0.1, 0.15) is 0 Å². The first-order valence-electron chi connectivity index (χ1n) is 7.64. The Hall–Kier alpha value is -1.30. The normalized spacial score (nSPS) is 20.0. The van der Waals surface area contributed by atoms with Crippen LogP contribution in [0.4, 0.5) is 4.79 Å². The summed E-state index contributed by atoms with van der Waals surface area (Å²) in [4.78, 5) is 22.4. The summed E-state index contributed by atoms with van der Waals surface area (Å²) in [6.45, 7) is 8.07. The van der Waals surface area contributed by atoms with E-state index in [9.17, 15) is 9.59 Å². The Labute approximate surface area is 126 Å². The molecule has 6 heteroatoms. The van der Waals surface area contributed by atoms with Gasteiger partial charge in [0.2, 0.25) is 0 Å². The summed E-state index contributed by atoms with van der Waals surface area (Å²) in [6.07, 6.45) is 2.53. The van der Waals surface area contributed by atoms with Crippen molar-refractivity contribution in [3.8, 4) is 0 Å². The molecule has 0 bridgehead atoms. The predicted molar refractivity (Wildman–Crippen MR) is 80.2 cm³/mol. The molecular formula is C15H28N2O4. The molecule has 1 aliphatic heterocycles. The highest BCUT2D eigenvalue weighted by Crippen LogP contribution is 2.26. The van der Waals surface area contributed by atoms with Crippen LogP contribution in [0.1, 0.15) is 46.5 Å². The lowest BCUT2D eigenvalue weighted by Crippen LogP contribution is -2.45. The topological polar surface area (TPSA) is 87.7 Å². The van der Waals surface area contributed by atoms with Crippen LogP contribution in [0.2, 0.25) is 0 Å². The van der Waals surface area contributed by atoms with Gasteiger partial charge in [-0.3, -0.25) is 4.79 Å². The number of nitrogens with one attached hydrogen (secondary N) is 2. The van der Waals surface area contributed by atoms with Gasteiger partial charge in [-0.2, -0.15) is 0 Å². The molecule has 1 saturated heterocycles. The van der Waals surface area contributed by atoms with Crippen molar-refractivity contribution >= 4 is 12.0 Å². The van der Waals surface area contributed by atoms with Crippen LogP contribution in [0, 0.1) is 11.3 Å². The maximum Gasteiger partial charge on any atom is 0.315 e. The van der Waals surface area contributed by atoms with Gasteiger partial charge in [0.25, 0.3) is 0 Å². The fourth-order valence-electron chi connectivity index (χ4n) is 2.41. The molecule has 2 amide bonds. The first-order chi connectivity index (χ1) is 9.80. The monoisotopic (exact) mass is 300 g/mol. The maximum atomic E-state index is 11.8. The molecule has 21 heavy (non-hydrogen) atoms. The minimum absolute atomic E-state index is 0.0867. The Kier molecular flexibility index (Phi) is 6.95. The maximum absolute atomic E-state index is 11.8. The van der Waals surface area contributed by atoms with E-state index in [2.05, 4.69) is 10.6 Å². The molecule has 0 aromatic carbocycles. The predicted octanol–water partition coefficient (Wildman–Crippen LogP) is 1.99. The van der Waals surface area contributed by atoms with Gasteiger partial charge < -0.3 is 20.5 Å². The molecule has 1 fully saturated rings. The van der Waals surface area contributed by atoms with Gasteiger partial charge in [0.15, 0.2) is 0 Å². The van der Waals surface area contributed by atoms with Crippen molar-refractivity contribution in [1.29, 1.82) is 0 Å². The lowest BCUT2D eigenvalue weighted by atomic mass is 9.84. The van der Waals surface area contributed by atoms with Crippen LogP contribution in [0.25, 0.3) is 0 Å². The third-order valence-electron chi connectivity index (χ3n) is 4.13. The van der Waals surface area contributed by atoms with Crippen molar-refractivity contribution in [3.63, 3.8) is 0 Å². The van der Waals surface area contributed by atoms with E-state index >= 15 is 0 Å². The molecule has 0 radical (unpaired) electrons. The number of carboxylic acids is 1. The summed E-state index contributed by atoms with van der Waals surface area (Å²) in [7, 11) is 0. The zero-order valence-corrected chi connectivity index (χ0v) is 13.3. The molecule has 1 aliphatic rings. The standard InChI is InChI=1S/C15H28N2O4/c1-11(12-5-9-21-10-12)17-14(20)16-8-7-15(2,3)6-4-13(18)19/h11-12H,4-10H2,1-3H3,(H,18,19)(H2,16,17,20). The molecule has 0 aromatic rings.